The summed E-state index contributed by atoms with van der Waals surface area (Å²) in [7, 11) is 0. The highest BCUT2D eigenvalue weighted by atomic mass is 35.5. The molecule has 4 nitrogen and oxygen atoms in total. The number of aromatic nitrogens is 1. The molecule has 0 radical (unpaired) electrons. The molecule has 0 amide bonds. The lowest BCUT2D eigenvalue weighted by Gasteiger charge is -2.05. The van der Waals surface area contributed by atoms with Crippen LogP contribution in [0.4, 0.5) is 0 Å². The number of thioether (sulfide) groups is 1. The van der Waals surface area contributed by atoms with Crippen LogP contribution in [0.25, 0.3) is 0 Å². The molecule has 7 heteroatoms. The first-order valence-electron chi connectivity index (χ1n) is 5.78. The first-order chi connectivity index (χ1) is 9.99. The van der Waals surface area contributed by atoms with E-state index in [1.54, 1.807) is 12.1 Å². The van der Waals surface area contributed by atoms with Crippen LogP contribution >= 0.6 is 35.0 Å². The summed E-state index contributed by atoms with van der Waals surface area (Å²) in [4.78, 5) is 27.1. The molecule has 1 N–H and O–H groups in total. The number of hydrogen-bond donors (Lipinski definition) is 1. The molecule has 0 aliphatic rings. The van der Waals surface area contributed by atoms with Gasteiger partial charge in [0, 0.05) is 16.8 Å². The fourth-order valence-electron chi connectivity index (χ4n) is 1.60. The number of Topliss-reactive ketones (excluding diaryl/α,β-unsaturated/α-hetero) is 1. The zero-order valence-corrected chi connectivity index (χ0v) is 12.9. The fourth-order valence-corrected chi connectivity index (χ4v) is 2.98. The predicted octanol–water partition coefficient (Wildman–Crippen LogP) is 4.06. The lowest BCUT2D eigenvalue weighted by atomic mass is 10.1. The number of pyridine rings is 1. The number of nitrogens with zero attached hydrogens (tertiary/aromatic N) is 1. The molecular formula is C14H9Cl2NO3S. The van der Waals surface area contributed by atoms with E-state index in [-0.39, 0.29) is 22.1 Å². The molecular weight excluding hydrogens is 333 g/mol. The van der Waals surface area contributed by atoms with Crippen LogP contribution < -0.4 is 0 Å². The first-order valence-corrected chi connectivity index (χ1v) is 7.52. The molecule has 0 fully saturated rings. The SMILES string of the molecule is O=C(CSc1ncccc1C(=O)O)c1ccc(Cl)cc1Cl. The monoisotopic (exact) mass is 341 g/mol. The molecule has 21 heavy (non-hydrogen) atoms. The molecule has 2 rings (SSSR count). The average Bonchev–Trinajstić information content (AvgIpc) is 2.45. The van der Waals surface area contributed by atoms with Gasteiger partial charge in [0.15, 0.2) is 5.78 Å². The van der Waals surface area contributed by atoms with Gasteiger partial charge >= 0.3 is 5.97 Å². The van der Waals surface area contributed by atoms with E-state index in [9.17, 15) is 9.59 Å². The van der Waals surface area contributed by atoms with Gasteiger partial charge in [-0.2, -0.15) is 0 Å². The zero-order chi connectivity index (χ0) is 15.4. The quantitative estimate of drug-likeness (QED) is 0.656. The zero-order valence-electron chi connectivity index (χ0n) is 10.5. The van der Waals surface area contributed by atoms with Crippen molar-refractivity contribution in [1.82, 2.24) is 4.98 Å². The summed E-state index contributed by atoms with van der Waals surface area (Å²) in [6.07, 6.45) is 1.48. The van der Waals surface area contributed by atoms with Gasteiger partial charge < -0.3 is 5.11 Å². The third-order valence-electron chi connectivity index (χ3n) is 2.57. The highest BCUT2D eigenvalue weighted by Gasteiger charge is 2.15. The Morgan fingerprint density at radius 3 is 2.62 bits per heavy atom. The summed E-state index contributed by atoms with van der Waals surface area (Å²) >= 11 is 12.8. The van der Waals surface area contributed by atoms with Gasteiger partial charge in [0.05, 0.1) is 16.3 Å². The van der Waals surface area contributed by atoms with E-state index in [1.807, 2.05) is 0 Å². The summed E-state index contributed by atoms with van der Waals surface area (Å²) in [5, 5.41) is 10.1. The lowest BCUT2D eigenvalue weighted by Crippen LogP contribution is -2.06. The van der Waals surface area contributed by atoms with Gasteiger partial charge in [-0.25, -0.2) is 9.78 Å². The average molecular weight is 342 g/mol. The number of benzene rings is 1. The Morgan fingerprint density at radius 1 is 1.19 bits per heavy atom. The Hall–Kier alpha value is -1.56. The number of hydrogen-bond acceptors (Lipinski definition) is 4. The molecule has 0 spiro atoms. The molecule has 2 aromatic rings. The standard InChI is InChI=1S/C14H9Cl2NO3S/c15-8-3-4-9(11(16)6-8)12(18)7-21-13-10(14(19)20)2-1-5-17-13/h1-6H,7H2,(H,19,20). The van der Waals surface area contributed by atoms with Crippen LogP contribution in [0.5, 0.6) is 0 Å². The van der Waals surface area contributed by atoms with E-state index in [1.165, 1.54) is 24.4 Å². The second kappa shape index (κ2) is 6.93. The van der Waals surface area contributed by atoms with Gasteiger partial charge in [0.2, 0.25) is 0 Å². The second-order valence-electron chi connectivity index (χ2n) is 4.00. The molecule has 0 bridgehead atoms. The molecule has 0 aliphatic carbocycles. The number of carboxylic acid groups (broad SMARTS) is 1. The van der Waals surface area contributed by atoms with E-state index in [0.29, 0.717) is 15.6 Å². The molecule has 0 aliphatic heterocycles. The van der Waals surface area contributed by atoms with Crippen molar-refractivity contribution in [3.8, 4) is 0 Å². The van der Waals surface area contributed by atoms with Crippen LogP contribution in [0, 0.1) is 0 Å². The summed E-state index contributed by atoms with van der Waals surface area (Å²) in [6.45, 7) is 0. The number of carboxylic acids is 1. The van der Waals surface area contributed by atoms with Crippen molar-refractivity contribution >= 4 is 46.7 Å². The molecule has 1 aromatic heterocycles. The summed E-state index contributed by atoms with van der Waals surface area (Å²) in [5.41, 5.74) is 0.416. The normalized spacial score (nSPS) is 10.4. The molecule has 0 saturated carbocycles. The van der Waals surface area contributed by atoms with E-state index >= 15 is 0 Å². The summed E-state index contributed by atoms with van der Waals surface area (Å²) in [6, 6.07) is 7.59. The number of aromatic carboxylic acids is 1. The lowest BCUT2D eigenvalue weighted by molar-refractivity contribution is 0.0692. The number of halogens is 2. The summed E-state index contributed by atoms with van der Waals surface area (Å²) < 4.78 is 0. The smallest absolute Gasteiger partial charge is 0.338 e. The van der Waals surface area contributed by atoms with Crippen LogP contribution in [0.3, 0.4) is 0 Å². The maximum atomic E-state index is 12.1. The van der Waals surface area contributed by atoms with Gasteiger partial charge in [0.25, 0.3) is 0 Å². The molecule has 0 atom stereocenters. The fraction of sp³-hybridized carbons (Fsp3) is 0.0714. The second-order valence-corrected chi connectivity index (χ2v) is 5.80. The number of carbonyl (C=O) groups excluding carboxylic acids is 1. The van der Waals surface area contributed by atoms with Crippen molar-refractivity contribution in [2.24, 2.45) is 0 Å². The Labute approximate surface area is 135 Å². The van der Waals surface area contributed by atoms with E-state index in [2.05, 4.69) is 4.98 Å². The molecule has 0 unspecified atom stereocenters. The predicted molar refractivity (Wildman–Crippen MR) is 82.7 cm³/mol. The van der Waals surface area contributed by atoms with Gasteiger partial charge in [0.1, 0.15) is 5.03 Å². The van der Waals surface area contributed by atoms with E-state index in [0.717, 1.165) is 11.8 Å². The number of ketones is 1. The summed E-state index contributed by atoms with van der Waals surface area (Å²) in [5.74, 6) is -1.26. The minimum atomic E-state index is -1.08. The van der Waals surface area contributed by atoms with E-state index in [4.69, 9.17) is 28.3 Å². The maximum absolute atomic E-state index is 12.1. The van der Waals surface area contributed by atoms with Crippen LogP contribution in [-0.4, -0.2) is 27.6 Å². The van der Waals surface area contributed by atoms with Crippen LogP contribution in [0.15, 0.2) is 41.6 Å². The van der Waals surface area contributed by atoms with Gasteiger partial charge in [-0.05, 0) is 30.3 Å². The third-order valence-corrected chi connectivity index (χ3v) is 4.13. The van der Waals surface area contributed by atoms with Crippen molar-refractivity contribution in [3.05, 3.63) is 57.7 Å². The minimum absolute atomic E-state index is 0.0403. The Bertz CT molecular complexity index is 706. The Balaban J connectivity index is 2.13. The minimum Gasteiger partial charge on any atom is -0.478 e. The highest BCUT2D eigenvalue weighted by Crippen LogP contribution is 2.25. The van der Waals surface area contributed by atoms with E-state index < -0.39 is 5.97 Å². The van der Waals surface area contributed by atoms with Gasteiger partial charge in [-0.1, -0.05) is 35.0 Å². The van der Waals surface area contributed by atoms with Crippen molar-refractivity contribution in [2.75, 3.05) is 5.75 Å². The van der Waals surface area contributed by atoms with Crippen LogP contribution in [0.1, 0.15) is 20.7 Å². The largest absolute Gasteiger partial charge is 0.478 e. The Kier molecular flexibility index (Phi) is 5.22. The third kappa shape index (κ3) is 3.97. The molecule has 1 aromatic carbocycles. The maximum Gasteiger partial charge on any atom is 0.338 e. The van der Waals surface area contributed by atoms with Crippen LogP contribution in [0.2, 0.25) is 10.0 Å². The highest BCUT2D eigenvalue weighted by molar-refractivity contribution is 8.00. The first kappa shape index (κ1) is 15.8. The van der Waals surface area contributed by atoms with Crippen molar-refractivity contribution in [3.63, 3.8) is 0 Å². The topological polar surface area (TPSA) is 67.3 Å². The Morgan fingerprint density at radius 2 is 1.95 bits per heavy atom. The molecule has 1 heterocycles. The molecule has 108 valence electrons. The van der Waals surface area contributed by atoms with Crippen LogP contribution in [-0.2, 0) is 0 Å². The van der Waals surface area contributed by atoms with Crippen molar-refractivity contribution < 1.29 is 14.7 Å². The van der Waals surface area contributed by atoms with Crippen molar-refractivity contribution in [1.29, 1.82) is 0 Å². The van der Waals surface area contributed by atoms with Gasteiger partial charge in [-0.15, -0.1) is 0 Å². The molecule has 0 saturated heterocycles. The van der Waals surface area contributed by atoms with Crippen molar-refractivity contribution in [2.45, 2.75) is 5.03 Å². The van der Waals surface area contributed by atoms with Gasteiger partial charge in [-0.3, -0.25) is 4.79 Å². The number of carbonyl (C=O) groups is 2. The number of rotatable bonds is 5.